The number of rotatable bonds is 4. The molecule has 0 atom stereocenters. The number of nitrogens with one attached hydrogen (secondary N) is 1. The van der Waals surface area contributed by atoms with Crippen LogP contribution >= 0.6 is 50.7 Å². The second kappa shape index (κ2) is 7.51. The lowest BCUT2D eigenvalue weighted by molar-refractivity contribution is 0.0527. The third-order valence-corrected chi connectivity index (χ3v) is 4.22. The smallest absolute Gasteiger partial charge is 0.341 e. The summed E-state index contributed by atoms with van der Waals surface area (Å²) in [4.78, 5) is 15.9. The number of hydrogen-bond donors (Lipinski definition) is 1. The average Bonchev–Trinajstić information content (AvgIpc) is 2.46. The second-order valence-electron chi connectivity index (χ2n) is 4.12. The van der Waals surface area contributed by atoms with Crippen molar-refractivity contribution in [2.45, 2.75) is 6.92 Å². The summed E-state index contributed by atoms with van der Waals surface area (Å²) in [6, 6.07) is 5.26. The lowest BCUT2D eigenvalue weighted by Gasteiger charge is -2.14. The van der Waals surface area contributed by atoms with Gasteiger partial charge >= 0.3 is 5.97 Å². The molecule has 116 valence electrons. The summed E-state index contributed by atoms with van der Waals surface area (Å²) in [6.45, 7) is 1.94. The molecule has 1 aromatic heterocycles. The highest BCUT2D eigenvalue weighted by molar-refractivity contribution is 9.10. The van der Waals surface area contributed by atoms with Gasteiger partial charge in [-0.2, -0.15) is 0 Å². The summed E-state index contributed by atoms with van der Waals surface area (Å²) < 4.78 is 5.82. The fraction of sp³-hybridized carbons (Fsp3) is 0.143. The Morgan fingerprint density at radius 1 is 1.36 bits per heavy atom. The minimum atomic E-state index is -0.552. The fourth-order valence-corrected chi connectivity index (χ4v) is 2.74. The Morgan fingerprint density at radius 2 is 2.09 bits per heavy atom. The van der Waals surface area contributed by atoms with E-state index in [1.54, 1.807) is 25.1 Å². The summed E-state index contributed by atoms with van der Waals surface area (Å²) in [6.07, 6.45) is 1.31. The van der Waals surface area contributed by atoms with E-state index in [1.807, 2.05) is 0 Å². The highest BCUT2D eigenvalue weighted by Gasteiger charge is 2.19. The van der Waals surface area contributed by atoms with Crippen LogP contribution in [0, 0.1) is 0 Å². The SMILES string of the molecule is CCOC(=O)c1cnc(Cl)c(Cl)c1Nc1ccc(Br)cc1Cl. The molecule has 1 heterocycles. The van der Waals surface area contributed by atoms with Gasteiger partial charge in [-0.15, -0.1) is 0 Å². The molecule has 0 aliphatic rings. The van der Waals surface area contributed by atoms with Crippen molar-refractivity contribution in [2.24, 2.45) is 0 Å². The number of halogens is 4. The second-order valence-corrected chi connectivity index (χ2v) is 6.18. The van der Waals surface area contributed by atoms with E-state index in [0.29, 0.717) is 16.4 Å². The summed E-state index contributed by atoms with van der Waals surface area (Å²) in [5.41, 5.74) is 1.04. The predicted molar refractivity (Wildman–Crippen MR) is 92.6 cm³/mol. The Balaban J connectivity index is 2.48. The van der Waals surface area contributed by atoms with Gasteiger partial charge in [0.25, 0.3) is 0 Å². The molecular weight excluding hydrogens is 414 g/mol. The Bertz CT molecular complexity index is 725. The monoisotopic (exact) mass is 422 g/mol. The van der Waals surface area contributed by atoms with Crippen LogP contribution < -0.4 is 5.32 Å². The van der Waals surface area contributed by atoms with Gasteiger partial charge in [0.15, 0.2) is 0 Å². The zero-order chi connectivity index (χ0) is 16.3. The van der Waals surface area contributed by atoms with E-state index < -0.39 is 5.97 Å². The van der Waals surface area contributed by atoms with Crippen LogP contribution in [0.4, 0.5) is 11.4 Å². The molecule has 0 saturated carbocycles. The van der Waals surface area contributed by atoms with Crippen LogP contribution in [0.2, 0.25) is 15.2 Å². The number of ether oxygens (including phenoxy) is 1. The van der Waals surface area contributed by atoms with Crippen LogP contribution in [0.1, 0.15) is 17.3 Å². The number of esters is 1. The number of pyridine rings is 1. The molecule has 0 saturated heterocycles. The van der Waals surface area contributed by atoms with Crippen molar-refractivity contribution in [1.29, 1.82) is 0 Å². The van der Waals surface area contributed by atoms with Gasteiger partial charge in [-0.25, -0.2) is 9.78 Å². The van der Waals surface area contributed by atoms with Crippen LogP contribution in [0.15, 0.2) is 28.9 Å². The molecule has 0 aliphatic carbocycles. The van der Waals surface area contributed by atoms with Crippen molar-refractivity contribution in [3.63, 3.8) is 0 Å². The number of hydrogen-bond acceptors (Lipinski definition) is 4. The molecule has 4 nitrogen and oxygen atoms in total. The van der Waals surface area contributed by atoms with Gasteiger partial charge in [0, 0.05) is 10.7 Å². The summed E-state index contributed by atoms with van der Waals surface area (Å²) in [5.74, 6) is -0.552. The maximum absolute atomic E-state index is 12.0. The van der Waals surface area contributed by atoms with Gasteiger partial charge in [0.2, 0.25) is 0 Å². The number of nitrogens with zero attached hydrogens (tertiary/aromatic N) is 1. The lowest BCUT2D eigenvalue weighted by atomic mass is 10.2. The minimum absolute atomic E-state index is 0.0745. The first-order valence-electron chi connectivity index (χ1n) is 6.17. The van der Waals surface area contributed by atoms with E-state index in [1.165, 1.54) is 6.20 Å². The molecule has 0 amide bonds. The first-order chi connectivity index (χ1) is 10.4. The highest BCUT2D eigenvalue weighted by Crippen LogP contribution is 2.36. The van der Waals surface area contributed by atoms with Crippen LogP contribution in [0.25, 0.3) is 0 Å². The Morgan fingerprint density at radius 3 is 2.73 bits per heavy atom. The maximum atomic E-state index is 12.0. The first kappa shape index (κ1) is 17.3. The van der Waals surface area contributed by atoms with E-state index in [0.717, 1.165) is 4.47 Å². The molecule has 2 rings (SSSR count). The first-order valence-corrected chi connectivity index (χ1v) is 8.10. The van der Waals surface area contributed by atoms with Crippen molar-refractivity contribution in [2.75, 3.05) is 11.9 Å². The standard InChI is InChI=1S/C14H10BrCl3N2O2/c1-2-22-14(21)8-6-19-13(18)11(17)12(8)20-10-4-3-7(15)5-9(10)16/h3-6H,2H2,1H3,(H,19,20). The molecule has 0 aliphatic heterocycles. The zero-order valence-electron chi connectivity index (χ0n) is 11.3. The van der Waals surface area contributed by atoms with Gasteiger partial charge in [0.05, 0.1) is 23.0 Å². The number of anilines is 2. The van der Waals surface area contributed by atoms with E-state index in [-0.39, 0.29) is 22.3 Å². The highest BCUT2D eigenvalue weighted by atomic mass is 79.9. The minimum Gasteiger partial charge on any atom is -0.462 e. The molecule has 1 N–H and O–H groups in total. The molecule has 1 aromatic carbocycles. The molecule has 2 aromatic rings. The van der Waals surface area contributed by atoms with Crippen LogP contribution in [0.5, 0.6) is 0 Å². The lowest BCUT2D eigenvalue weighted by Crippen LogP contribution is -2.09. The number of benzene rings is 1. The Kier molecular flexibility index (Phi) is 5.92. The molecule has 0 spiro atoms. The summed E-state index contributed by atoms with van der Waals surface area (Å²) in [5, 5.41) is 3.65. The molecular formula is C14H10BrCl3N2O2. The normalized spacial score (nSPS) is 10.4. The van der Waals surface area contributed by atoms with Gasteiger partial charge in [-0.3, -0.25) is 0 Å². The van der Waals surface area contributed by atoms with E-state index in [2.05, 4.69) is 26.2 Å². The van der Waals surface area contributed by atoms with Crippen molar-refractivity contribution in [1.82, 2.24) is 4.98 Å². The van der Waals surface area contributed by atoms with Gasteiger partial charge in [-0.1, -0.05) is 50.7 Å². The van der Waals surface area contributed by atoms with Crippen molar-refractivity contribution in [3.8, 4) is 0 Å². The maximum Gasteiger partial charge on any atom is 0.341 e. The Labute approximate surface area is 150 Å². The van der Waals surface area contributed by atoms with Crippen LogP contribution in [-0.2, 0) is 4.74 Å². The molecule has 0 fully saturated rings. The zero-order valence-corrected chi connectivity index (χ0v) is 15.1. The van der Waals surface area contributed by atoms with E-state index in [4.69, 9.17) is 39.5 Å². The third kappa shape index (κ3) is 3.84. The Hall–Kier alpha value is -1.01. The molecule has 0 unspecified atom stereocenters. The quantitative estimate of drug-likeness (QED) is 0.503. The molecule has 22 heavy (non-hydrogen) atoms. The number of carbonyl (C=O) groups excluding carboxylic acids is 1. The summed E-state index contributed by atoms with van der Waals surface area (Å²) >= 11 is 21.6. The fourth-order valence-electron chi connectivity index (χ4n) is 1.68. The van der Waals surface area contributed by atoms with Gasteiger partial charge in [0.1, 0.15) is 15.7 Å². The molecule has 0 bridgehead atoms. The topological polar surface area (TPSA) is 51.2 Å². The van der Waals surface area contributed by atoms with E-state index >= 15 is 0 Å². The van der Waals surface area contributed by atoms with Crippen molar-refractivity contribution < 1.29 is 9.53 Å². The van der Waals surface area contributed by atoms with Crippen molar-refractivity contribution >= 4 is 68.1 Å². The largest absolute Gasteiger partial charge is 0.462 e. The van der Waals surface area contributed by atoms with Crippen LogP contribution in [-0.4, -0.2) is 17.6 Å². The molecule has 8 heteroatoms. The third-order valence-electron chi connectivity index (χ3n) is 2.66. The molecule has 0 radical (unpaired) electrons. The van der Waals surface area contributed by atoms with Crippen molar-refractivity contribution in [3.05, 3.63) is 49.6 Å². The van der Waals surface area contributed by atoms with Gasteiger partial charge < -0.3 is 10.1 Å². The van der Waals surface area contributed by atoms with E-state index in [9.17, 15) is 4.79 Å². The van der Waals surface area contributed by atoms with Gasteiger partial charge in [-0.05, 0) is 25.1 Å². The average molecular weight is 425 g/mol. The number of aromatic nitrogens is 1. The summed E-state index contributed by atoms with van der Waals surface area (Å²) in [7, 11) is 0. The van der Waals surface area contributed by atoms with Crippen LogP contribution in [0.3, 0.4) is 0 Å². The number of carbonyl (C=O) groups is 1. The predicted octanol–water partition coefficient (Wildman–Crippen LogP) is 5.72.